The Balaban J connectivity index is 0.000000405. The van der Waals surface area contributed by atoms with Crippen molar-refractivity contribution >= 4 is 46.1 Å². The number of nitrogens with one attached hydrogen (secondary N) is 3. The third-order valence-electron chi connectivity index (χ3n) is 5.54. The van der Waals surface area contributed by atoms with Gasteiger partial charge in [0.25, 0.3) is 0 Å². The lowest BCUT2D eigenvalue weighted by atomic mass is 10.1. The lowest BCUT2D eigenvalue weighted by Gasteiger charge is -2.28. The van der Waals surface area contributed by atoms with E-state index in [0.29, 0.717) is 6.42 Å². The Morgan fingerprint density at radius 3 is 2.30 bits per heavy atom. The number of hydrogen-bond acceptors (Lipinski definition) is 7. The molecule has 12 heteroatoms. The highest BCUT2D eigenvalue weighted by Gasteiger charge is 2.38. The van der Waals surface area contributed by atoms with Crippen molar-refractivity contribution in [1.82, 2.24) is 4.98 Å². The van der Waals surface area contributed by atoms with Crippen LogP contribution in [-0.4, -0.2) is 54.4 Å². The highest BCUT2D eigenvalue weighted by molar-refractivity contribution is 5.99. The van der Waals surface area contributed by atoms with Gasteiger partial charge in [-0.15, -0.1) is 0 Å². The number of carbonyl (C=O) groups excluding carboxylic acids is 1. The number of alkyl halides is 3. The molecule has 4 N–H and O–H groups in total. The van der Waals surface area contributed by atoms with E-state index in [-0.39, 0.29) is 5.91 Å². The summed E-state index contributed by atoms with van der Waals surface area (Å²) in [6.45, 7) is 3.41. The number of benzene rings is 2. The zero-order valence-electron chi connectivity index (χ0n) is 19.5. The number of aliphatic carboxylic acids is 1. The van der Waals surface area contributed by atoms with Crippen LogP contribution in [-0.2, 0) is 20.7 Å². The summed E-state index contributed by atoms with van der Waals surface area (Å²) in [7, 11) is 0. The third-order valence-corrected chi connectivity index (χ3v) is 5.54. The van der Waals surface area contributed by atoms with Gasteiger partial charge in [0.15, 0.2) is 0 Å². The molecule has 0 saturated carbocycles. The molecule has 3 heterocycles. The minimum Gasteiger partial charge on any atom is -0.475 e. The van der Waals surface area contributed by atoms with E-state index in [4.69, 9.17) is 14.6 Å². The number of amides is 1. The maximum Gasteiger partial charge on any atom is 0.490 e. The largest absolute Gasteiger partial charge is 0.490 e. The van der Waals surface area contributed by atoms with Crippen molar-refractivity contribution in [3.05, 3.63) is 66.4 Å². The summed E-state index contributed by atoms with van der Waals surface area (Å²) in [4.78, 5) is 27.2. The molecule has 2 aliphatic rings. The van der Waals surface area contributed by atoms with Gasteiger partial charge in [-0.2, -0.15) is 13.2 Å². The first-order valence-corrected chi connectivity index (χ1v) is 11.3. The average Bonchev–Trinajstić information content (AvgIpc) is 3.24. The minimum absolute atomic E-state index is 0.0391. The van der Waals surface area contributed by atoms with Crippen molar-refractivity contribution in [2.45, 2.75) is 12.6 Å². The lowest BCUT2D eigenvalue weighted by Crippen LogP contribution is -2.36. The molecule has 2 aromatic carbocycles. The Morgan fingerprint density at radius 1 is 0.973 bits per heavy atom. The number of carboxylic acids is 1. The van der Waals surface area contributed by atoms with Crippen LogP contribution in [0.3, 0.4) is 0 Å². The zero-order valence-corrected chi connectivity index (χ0v) is 19.5. The maximum absolute atomic E-state index is 11.5. The van der Waals surface area contributed by atoms with Crippen LogP contribution in [0.5, 0.6) is 0 Å². The fourth-order valence-electron chi connectivity index (χ4n) is 3.76. The van der Waals surface area contributed by atoms with E-state index in [1.165, 1.54) is 5.69 Å². The second-order valence-electron chi connectivity index (χ2n) is 8.23. The summed E-state index contributed by atoms with van der Waals surface area (Å²) in [5.74, 6) is -1.96. The van der Waals surface area contributed by atoms with Crippen molar-refractivity contribution in [3.8, 4) is 0 Å². The molecule has 37 heavy (non-hydrogen) atoms. The first-order chi connectivity index (χ1) is 17.7. The molecular formula is C25H24F3N5O4. The van der Waals surface area contributed by atoms with Gasteiger partial charge in [0, 0.05) is 53.8 Å². The van der Waals surface area contributed by atoms with Gasteiger partial charge in [0.05, 0.1) is 19.6 Å². The number of ether oxygens (including phenoxy) is 1. The van der Waals surface area contributed by atoms with Gasteiger partial charge in [-0.25, -0.2) is 9.78 Å². The van der Waals surface area contributed by atoms with Crippen molar-refractivity contribution in [3.63, 3.8) is 0 Å². The number of fused-ring (bicyclic) bond motifs is 1. The molecule has 3 aromatic rings. The van der Waals surface area contributed by atoms with E-state index in [9.17, 15) is 18.0 Å². The van der Waals surface area contributed by atoms with E-state index >= 15 is 0 Å². The van der Waals surface area contributed by atoms with Gasteiger partial charge in [0.1, 0.15) is 5.82 Å². The number of nitrogens with zero attached hydrogens (tertiary/aromatic N) is 2. The van der Waals surface area contributed by atoms with Gasteiger partial charge < -0.3 is 30.7 Å². The first kappa shape index (κ1) is 25.8. The number of morpholine rings is 1. The number of hydrogen-bond donors (Lipinski definition) is 4. The van der Waals surface area contributed by atoms with Gasteiger partial charge in [0.2, 0.25) is 5.91 Å². The number of carbonyl (C=O) groups is 2. The molecule has 0 spiro atoms. The van der Waals surface area contributed by atoms with E-state index < -0.39 is 12.1 Å². The molecule has 1 fully saturated rings. The van der Waals surface area contributed by atoms with E-state index in [0.717, 1.165) is 60.4 Å². The smallest absolute Gasteiger partial charge is 0.475 e. The number of carboxylic acid groups (broad SMARTS) is 1. The van der Waals surface area contributed by atoms with Crippen molar-refractivity contribution in [1.29, 1.82) is 0 Å². The summed E-state index contributed by atoms with van der Waals surface area (Å²) in [6, 6.07) is 18.2. The van der Waals surface area contributed by atoms with Crippen LogP contribution >= 0.6 is 0 Å². The maximum atomic E-state index is 11.5. The second kappa shape index (κ2) is 11.2. The predicted molar refractivity (Wildman–Crippen MR) is 133 cm³/mol. The van der Waals surface area contributed by atoms with Gasteiger partial charge in [-0.1, -0.05) is 6.07 Å². The highest BCUT2D eigenvalue weighted by atomic mass is 19.4. The van der Waals surface area contributed by atoms with Crippen LogP contribution in [0.15, 0.2) is 60.8 Å². The normalized spacial score (nSPS) is 14.7. The van der Waals surface area contributed by atoms with Crippen LogP contribution in [0.4, 0.5) is 47.4 Å². The SMILES string of the molecule is O=C(O)C(F)(F)F.O=C1Cc2ccc(Nc3ccnc(Nc4ccc(N5CCOCC5)cc4)c3)cc2N1. The summed E-state index contributed by atoms with van der Waals surface area (Å²) in [5, 5.41) is 16.7. The van der Waals surface area contributed by atoms with Crippen LogP contribution in [0, 0.1) is 0 Å². The zero-order chi connectivity index (χ0) is 26.4. The molecule has 1 aromatic heterocycles. The number of aromatic nitrogens is 1. The third kappa shape index (κ3) is 7.10. The Kier molecular flexibility index (Phi) is 7.77. The molecule has 1 saturated heterocycles. The summed E-state index contributed by atoms with van der Waals surface area (Å²) < 4.78 is 37.2. The van der Waals surface area contributed by atoms with Gasteiger partial charge in [-0.05, 0) is 48.0 Å². The monoisotopic (exact) mass is 515 g/mol. The number of anilines is 6. The molecule has 0 radical (unpaired) electrons. The van der Waals surface area contributed by atoms with Crippen LogP contribution < -0.4 is 20.9 Å². The van der Waals surface area contributed by atoms with Gasteiger partial charge in [-0.3, -0.25) is 4.79 Å². The van der Waals surface area contributed by atoms with Crippen molar-refractivity contribution in [2.24, 2.45) is 0 Å². The van der Waals surface area contributed by atoms with Crippen LogP contribution in [0.2, 0.25) is 0 Å². The molecule has 0 unspecified atom stereocenters. The highest BCUT2D eigenvalue weighted by Crippen LogP contribution is 2.29. The van der Waals surface area contributed by atoms with Gasteiger partial charge >= 0.3 is 12.1 Å². The van der Waals surface area contributed by atoms with E-state index in [2.05, 4.69) is 50.1 Å². The fourth-order valence-corrected chi connectivity index (χ4v) is 3.76. The fraction of sp³-hybridized carbons (Fsp3) is 0.240. The molecule has 0 aliphatic carbocycles. The molecule has 5 rings (SSSR count). The average molecular weight is 515 g/mol. The van der Waals surface area contributed by atoms with Crippen LogP contribution in [0.1, 0.15) is 5.56 Å². The molecule has 0 bridgehead atoms. The standard InChI is InChI=1S/C23H23N5O2.C2HF3O2/c29-23-13-16-1-2-18(14-21(16)27-23)25-19-7-8-24-22(15-19)26-17-3-5-20(6-4-17)28-9-11-30-12-10-28;3-2(4,5)1(6)7/h1-8,14-15H,9-13H2,(H,27,29)(H2,24,25,26);(H,6,7). The lowest BCUT2D eigenvalue weighted by molar-refractivity contribution is -0.192. The number of rotatable bonds is 5. The van der Waals surface area contributed by atoms with Crippen molar-refractivity contribution in [2.75, 3.05) is 47.2 Å². The molecule has 194 valence electrons. The summed E-state index contributed by atoms with van der Waals surface area (Å²) in [6.07, 6.45) is -2.87. The van der Waals surface area contributed by atoms with E-state index in [1.807, 2.05) is 30.3 Å². The first-order valence-electron chi connectivity index (χ1n) is 11.3. The molecule has 0 atom stereocenters. The molecule has 1 amide bonds. The van der Waals surface area contributed by atoms with E-state index in [1.54, 1.807) is 6.20 Å². The Labute approximate surface area is 210 Å². The Hall–Kier alpha value is -4.32. The molecular weight excluding hydrogens is 491 g/mol. The van der Waals surface area contributed by atoms with Crippen LogP contribution in [0.25, 0.3) is 0 Å². The molecule has 9 nitrogen and oxygen atoms in total. The number of pyridine rings is 1. The Bertz CT molecular complexity index is 1260. The Morgan fingerprint density at radius 2 is 1.62 bits per heavy atom. The minimum atomic E-state index is -5.08. The summed E-state index contributed by atoms with van der Waals surface area (Å²) in [5.41, 5.74) is 5.93. The number of halogens is 3. The topological polar surface area (TPSA) is 116 Å². The molecule has 2 aliphatic heterocycles. The predicted octanol–water partition coefficient (Wildman–Crippen LogP) is 4.53. The summed E-state index contributed by atoms with van der Waals surface area (Å²) >= 11 is 0. The quantitative estimate of drug-likeness (QED) is 0.392. The van der Waals surface area contributed by atoms with Crippen molar-refractivity contribution < 1.29 is 32.6 Å². The second-order valence-corrected chi connectivity index (χ2v) is 8.23.